The van der Waals surface area contributed by atoms with Crippen molar-refractivity contribution < 1.29 is 19.1 Å². The van der Waals surface area contributed by atoms with E-state index in [-0.39, 0.29) is 23.2 Å². The molecule has 1 aliphatic heterocycles. The minimum Gasteiger partial charge on any atom is -0.462 e. The number of hydrogen-bond acceptors (Lipinski definition) is 4. The van der Waals surface area contributed by atoms with E-state index < -0.39 is 6.04 Å². The summed E-state index contributed by atoms with van der Waals surface area (Å²) in [6.07, 6.45) is 8.57. The number of likely N-dealkylation sites (tertiary alicyclic amines) is 1. The molecule has 1 N–H and O–H groups in total. The van der Waals surface area contributed by atoms with Crippen molar-refractivity contribution >= 4 is 23.5 Å². The Morgan fingerprint density at radius 1 is 1.03 bits per heavy atom. The molecule has 1 atom stereocenters. The highest BCUT2D eigenvalue weighted by Gasteiger charge is 2.56. The smallest absolute Gasteiger partial charge is 0.338 e. The van der Waals surface area contributed by atoms with Gasteiger partial charge in [0.1, 0.15) is 6.04 Å². The summed E-state index contributed by atoms with van der Waals surface area (Å²) in [5, 5.41) is 2.96. The van der Waals surface area contributed by atoms with E-state index in [1.54, 1.807) is 31.2 Å². The molecule has 1 aromatic rings. The van der Waals surface area contributed by atoms with Crippen molar-refractivity contribution in [2.24, 2.45) is 23.2 Å². The number of amides is 2. The SMILES string of the molecule is CCOC(=O)c1ccc(NC(=O)C2CCCN2C(=O)C23CC4CC(CC(C4)C2)C3)cc1. The molecule has 166 valence electrons. The molecule has 0 radical (unpaired) electrons. The molecule has 4 bridgehead atoms. The van der Waals surface area contributed by atoms with Gasteiger partial charge in [0.25, 0.3) is 0 Å². The average Bonchev–Trinajstić information content (AvgIpc) is 3.23. The maximum Gasteiger partial charge on any atom is 0.338 e. The largest absolute Gasteiger partial charge is 0.462 e. The molecule has 1 aromatic carbocycles. The normalized spacial score (nSPS) is 33.4. The van der Waals surface area contributed by atoms with Crippen LogP contribution in [-0.4, -0.2) is 41.9 Å². The van der Waals surface area contributed by atoms with Crippen LogP contribution in [0.3, 0.4) is 0 Å². The number of ether oxygens (including phenoxy) is 1. The van der Waals surface area contributed by atoms with Crippen molar-refractivity contribution in [2.75, 3.05) is 18.5 Å². The number of hydrogen-bond donors (Lipinski definition) is 1. The van der Waals surface area contributed by atoms with Gasteiger partial charge in [-0.15, -0.1) is 0 Å². The highest BCUT2D eigenvalue weighted by Crippen LogP contribution is 2.60. The van der Waals surface area contributed by atoms with Crippen molar-refractivity contribution in [1.82, 2.24) is 4.90 Å². The fourth-order valence-corrected chi connectivity index (χ4v) is 7.09. The molecular weight excluding hydrogens is 392 g/mol. The molecule has 31 heavy (non-hydrogen) atoms. The summed E-state index contributed by atoms with van der Waals surface area (Å²) in [5.41, 5.74) is 0.880. The third kappa shape index (κ3) is 3.74. The minimum absolute atomic E-state index is 0.125. The molecule has 4 saturated carbocycles. The van der Waals surface area contributed by atoms with Gasteiger partial charge >= 0.3 is 5.97 Å². The lowest BCUT2D eigenvalue weighted by molar-refractivity contribution is -0.160. The van der Waals surface area contributed by atoms with E-state index in [0.717, 1.165) is 25.7 Å². The van der Waals surface area contributed by atoms with Crippen molar-refractivity contribution in [3.8, 4) is 0 Å². The Morgan fingerprint density at radius 2 is 1.65 bits per heavy atom. The highest BCUT2D eigenvalue weighted by atomic mass is 16.5. The second-order valence-corrected chi connectivity index (χ2v) is 10.1. The van der Waals surface area contributed by atoms with Gasteiger partial charge in [-0.3, -0.25) is 9.59 Å². The Labute approximate surface area is 183 Å². The molecule has 1 unspecified atom stereocenters. The van der Waals surface area contributed by atoms with E-state index >= 15 is 0 Å². The van der Waals surface area contributed by atoms with Gasteiger partial charge in [-0.25, -0.2) is 4.79 Å². The number of benzene rings is 1. The molecule has 0 aromatic heterocycles. The summed E-state index contributed by atoms with van der Waals surface area (Å²) in [6, 6.07) is 6.33. The zero-order valence-corrected chi connectivity index (χ0v) is 18.3. The number of carbonyl (C=O) groups is 3. The number of nitrogens with one attached hydrogen (secondary N) is 1. The summed E-state index contributed by atoms with van der Waals surface area (Å²) in [7, 11) is 0. The van der Waals surface area contributed by atoms with Gasteiger partial charge < -0.3 is 15.0 Å². The maximum atomic E-state index is 13.7. The molecule has 2 amide bonds. The lowest BCUT2D eigenvalue weighted by Gasteiger charge is -2.56. The molecule has 1 saturated heterocycles. The van der Waals surface area contributed by atoms with E-state index in [1.165, 1.54) is 19.3 Å². The van der Waals surface area contributed by atoms with Crippen LogP contribution in [0.15, 0.2) is 24.3 Å². The van der Waals surface area contributed by atoms with Crippen LogP contribution in [0.25, 0.3) is 0 Å². The summed E-state index contributed by atoms with van der Waals surface area (Å²) < 4.78 is 5.00. The van der Waals surface area contributed by atoms with Crippen molar-refractivity contribution in [3.05, 3.63) is 29.8 Å². The lowest BCUT2D eigenvalue weighted by atomic mass is 9.49. The lowest BCUT2D eigenvalue weighted by Crippen LogP contribution is -2.56. The van der Waals surface area contributed by atoms with Crippen LogP contribution in [0, 0.1) is 23.2 Å². The van der Waals surface area contributed by atoms with Gasteiger partial charge in [0.2, 0.25) is 11.8 Å². The fraction of sp³-hybridized carbons (Fsp3) is 0.640. The Balaban J connectivity index is 1.26. The van der Waals surface area contributed by atoms with Crippen LogP contribution in [0.2, 0.25) is 0 Å². The van der Waals surface area contributed by atoms with E-state index in [1.807, 2.05) is 4.90 Å². The van der Waals surface area contributed by atoms with Gasteiger partial charge in [0.05, 0.1) is 17.6 Å². The van der Waals surface area contributed by atoms with E-state index in [0.29, 0.717) is 48.6 Å². The van der Waals surface area contributed by atoms with Gasteiger partial charge in [0, 0.05) is 12.2 Å². The van der Waals surface area contributed by atoms with Crippen LogP contribution in [0.4, 0.5) is 5.69 Å². The zero-order valence-electron chi connectivity index (χ0n) is 18.3. The minimum atomic E-state index is -0.398. The molecule has 5 fully saturated rings. The van der Waals surface area contributed by atoms with Crippen molar-refractivity contribution in [1.29, 1.82) is 0 Å². The van der Waals surface area contributed by atoms with Crippen LogP contribution < -0.4 is 5.32 Å². The molecule has 1 heterocycles. The standard InChI is InChI=1S/C25H32N2O4/c1-2-31-23(29)19-5-7-20(8-6-19)26-22(28)21-4-3-9-27(21)24(30)25-13-16-10-17(14-25)12-18(11-16)15-25/h5-8,16-18,21H,2-4,9-15H2,1H3,(H,26,28). The number of nitrogens with zero attached hydrogens (tertiary/aromatic N) is 1. The predicted molar refractivity (Wildman–Crippen MR) is 116 cm³/mol. The van der Waals surface area contributed by atoms with E-state index in [2.05, 4.69) is 5.32 Å². The molecule has 6 rings (SSSR count). The van der Waals surface area contributed by atoms with Gasteiger partial charge in [-0.2, -0.15) is 0 Å². The first-order valence-corrected chi connectivity index (χ1v) is 11.9. The van der Waals surface area contributed by atoms with Crippen LogP contribution in [-0.2, 0) is 14.3 Å². The monoisotopic (exact) mass is 424 g/mol. The Kier molecular flexibility index (Phi) is 5.27. The third-order valence-electron chi connectivity index (χ3n) is 7.97. The Hall–Kier alpha value is -2.37. The Bertz CT molecular complexity index is 843. The van der Waals surface area contributed by atoms with Gasteiger partial charge in [-0.05, 0) is 100 Å². The number of carbonyl (C=O) groups excluding carboxylic acids is 3. The van der Waals surface area contributed by atoms with Gasteiger partial charge in [-0.1, -0.05) is 0 Å². The van der Waals surface area contributed by atoms with Gasteiger partial charge in [0.15, 0.2) is 0 Å². The first kappa shape index (κ1) is 20.5. The van der Waals surface area contributed by atoms with Crippen molar-refractivity contribution in [3.63, 3.8) is 0 Å². The number of anilines is 1. The zero-order chi connectivity index (χ0) is 21.6. The van der Waals surface area contributed by atoms with Crippen LogP contribution in [0.1, 0.15) is 68.6 Å². The topological polar surface area (TPSA) is 75.7 Å². The molecule has 0 spiro atoms. The predicted octanol–water partition coefficient (Wildman–Crippen LogP) is 4.01. The van der Waals surface area contributed by atoms with E-state index in [4.69, 9.17) is 4.74 Å². The molecule has 4 aliphatic carbocycles. The fourth-order valence-electron chi connectivity index (χ4n) is 7.09. The van der Waals surface area contributed by atoms with Crippen LogP contribution >= 0.6 is 0 Å². The summed E-state index contributed by atoms with van der Waals surface area (Å²) in [5.74, 6) is 1.87. The third-order valence-corrected chi connectivity index (χ3v) is 7.97. The molecule has 6 heteroatoms. The van der Waals surface area contributed by atoms with Crippen LogP contribution in [0.5, 0.6) is 0 Å². The molecule has 5 aliphatic rings. The van der Waals surface area contributed by atoms with E-state index in [9.17, 15) is 14.4 Å². The molecular formula is C25H32N2O4. The maximum absolute atomic E-state index is 13.7. The number of rotatable bonds is 5. The quantitative estimate of drug-likeness (QED) is 0.725. The molecule has 6 nitrogen and oxygen atoms in total. The number of esters is 1. The first-order valence-electron chi connectivity index (χ1n) is 11.9. The summed E-state index contributed by atoms with van der Waals surface area (Å²) in [4.78, 5) is 40.5. The summed E-state index contributed by atoms with van der Waals surface area (Å²) in [6.45, 7) is 2.78. The highest BCUT2D eigenvalue weighted by molar-refractivity contribution is 5.99. The Morgan fingerprint density at radius 3 is 2.23 bits per heavy atom. The first-order chi connectivity index (χ1) is 15.0. The second kappa shape index (κ2) is 7.95. The second-order valence-electron chi connectivity index (χ2n) is 10.1. The van der Waals surface area contributed by atoms with Crippen molar-refractivity contribution in [2.45, 2.75) is 64.3 Å². The average molecular weight is 425 g/mol. The summed E-state index contributed by atoms with van der Waals surface area (Å²) >= 11 is 0.